The van der Waals surface area contributed by atoms with Crippen LogP contribution in [0.2, 0.25) is 0 Å². The van der Waals surface area contributed by atoms with Crippen molar-refractivity contribution in [2.75, 3.05) is 76.4 Å². The number of morpholine rings is 1. The van der Waals surface area contributed by atoms with E-state index in [1.165, 1.54) is 0 Å². The van der Waals surface area contributed by atoms with Gasteiger partial charge in [0, 0.05) is 76.6 Å². The summed E-state index contributed by atoms with van der Waals surface area (Å²) in [5.74, 6) is 0.754. The van der Waals surface area contributed by atoms with Crippen molar-refractivity contribution < 1.29 is 14.3 Å². The van der Waals surface area contributed by atoms with Crippen molar-refractivity contribution in [3.05, 3.63) is 42.7 Å². The Morgan fingerprint density at radius 3 is 2.71 bits per heavy atom. The van der Waals surface area contributed by atoms with Crippen LogP contribution in [0.15, 0.2) is 42.7 Å². The highest BCUT2D eigenvalue weighted by Crippen LogP contribution is 2.27. The van der Waals surface area contributed by atoms with Crippen molar-refractivity contribution in [1.29, 1.82) is 0 Å². The van der Waals surface area contributed by atoms with Gasteiger partial charge in [0.2, 0.25) is 5.91 Å². The van der Waals surface area contributed by atoms with Crippen LogP contribution in [0.1, 0.15) is 0 Å². The molecule has 0 spiro atoms. The number of nitrogens with one attached hydrogen (secondary N) is 2. The van der Waals surface area contributed by atoms with Crippen LogP contribution >= 0.6 is 0 Å². The summed E-state index contributed by atoms with van der Waals surface area (Å²) < 4.78 is 10.8. The quantitative estimate of drug-likeness (QED) is 0.522. The molecule has 1 amide bonds. The summed E-state index contributed by atoms with van der Waals surface area (Å²) in [7, 11) is 1.55. The summed E-state index contributed by atoms with van der Waals surface area (Å²) in [5.41, 5.74) is 4.52. The Bertz CT molecular complexity index is 1140. The highest BCUT2D eigenvalue weighted by molar-refractivity contribution is 5.88. The zero-order valence-corrected chi connectivity index (χ0v) is 19.9. The second-order valence-electron chi connectivity index (χ2n) is 8.71. The first-order valence-corrected chi connectivity index (χ1v) is 12.0. The van der Waals surface area contributed by atoms with E-state index >= 15 is 0 Å². The van der Waals surface area contributed by atoms with E-state index < -0.39 is 0 Å². The number of hydrogen-bond acceptors (Lipinski definition) is 9. The van der Waals surface area contributed by atoms with Gasteiger partial charge in [-0.2, -0.15) is 0 Å². The molecule has 2 aliphatic rings. The van der Waals surface area contributed by atoms with Gasteiger partial charge >= 0.3 is 0 Å². The number of aromatic nitrogens is 3. The molecule has 35 heavy (non-hydrogen) atoms. The first kappa shape index (κ1) is 23.4. The number of hydrogen-bond donors (Lipinski definition) is 2. The minimum Gasteiger partial charge on any atom is -0.375 e. The number of carbonyl (C=O) groups excluding carboxylic acids is 1. The molecule has 10 nitrogen and oxygen atoms in total. The van der Waals surface area contributed by atoms with Crippen LogP contribution in [-0.2, 0) is 14.3 Å². The number of pyridine rings is 1. The highest BCUT2D eigenvalue weighted by Gasteiger charge is 2.21. The van der Waals surface area contributed by atoms with Crippen molar-refractivity contribution in [2.45, 2.75) is 6.10 Å². The van der Waals surface area contributed by atoms with Crippen LogP contribution in [0.25, 0.3) is 22.3 Å². The molecule has 0 radical (unpaired) electrons. The van der Waals surface area contributed by atoms with Gasteiger partial charge in [-0.3, -0.25) is 9.78 Å². The third-order valence-electron chi connectivity index (χ3n) is 6.39. The van der Waals surface area contributed by atoms with E-state index in [9.17, 15) is 4.79 Å². The lowest BCUT2D eigenvalue weighted by molar-refractivity contribution is -0.135. The predicted octanol–water partition coefficient (Wildman–Crippen LogP) is 1.39. The fraction of sp³-hybridized carbons (Fsp3) is 0.440. The van der Waals surface area contributed by atoms with Gasteiger partial charge in [-0.05, 0) is 18.2 Å². The first-order chi connectivity index (χ1) is 17.2. The zero-order valence-electron chi connectivity index (χ0n) is 19.9. The summed E-state index contributed by atoms with van der Waals surface area (Å²) in [6, 6.07) is 10.4. The van der Waals surface area contributed by atoms with Crippen LogP contribution in [0.3, 0.4) is 0 Å². The number of ether oxygens (including phenoxy) is 2. The van der Waals surface area contributed by atoms with Crippen molar-refractivity contribution in [2.24, 2.45) is 0 Å². The van der Waals surface area contributed by atoms with Gasteiger partial charge in [-0.1, -0.05) is 12.1 Å². The number of rotatable bonds is 7. The second-order valence-corrected chi connectivity index (χ2v) is 8.71. The fourth-order valence-corrected chi connectivity index (χ4v) is 4.48. The number of amides is 1. The largest absolute Gasteiger partial charge is 0.375 e. The first-order valence-electron chi connectivity index (χ1n) is 12.0. The Kier molecular flexibility index (Phi) is 7.31. The van der Waals surface area contributed by atoms with Crippen LogP contribution in [0, 0.1) is 0 Å². The summed E-state index contributed by atoms with van der Waals surface area (Å²) in [6.45, 7) is 6.18. The number of anilines is 2. The summed E-state index contributed by atoms with van der Waals surface area (Å²) in [6.07, 6.45) is 3.47. The molecule has 3 aromatic rings. The van der Waals surface area contributed by atoms with Crippen LogP contribution in [-0.4, -0.2) is 98.0 Å². The molecule has 0 saturated carbocycles. The molecule has 2 saturated heterocycles. The van der Waals surface area contributed by atoms with E-state index in [0.717, 1.165) is 54.2 Å². The normalized spacial score (nSPS) is 18.6. The van der Waals surface area contributed by atoms with Gasteiger partial charge in [-0.25, -0.2) is 9.97 Å². The van der Waals surface area contributed by atoms with Crippen LogP contribution in [0.4, 0.5) is 11.5 Å². The van der Waals surface area contributed by atoms with E-state index in [1.54, 1.807) is 19.5 Å². The summed E-state index contributed by atoms with van der Waals surface area (Å²) in [5, 5.41) is 6.77. The molecular formula is C25H31N7O3. The predicted molar refractivity (Wildman–Crippen MR) is 135 cm³/mol. The van der Waals surface area contributed by atoms with Crippen LogP contribution < -0.4 is 15.5 Å². The maximum Gasteiger partial charge on any atom is 0.248 e. The molecule has 2 aliphatic heterocycles. The molecule has 2 N–H and O–H groups in total. The molecule has 1 aromatic carbocycles. The van der Waals surface area contributed by atoms with E-state index in [1.807, 2.05) is 11.0 Å². The fourth-order valence-electron chi connectivity index (χ4n) is 4.48. The van der Waals surface area contributed by atoms with E-state index in [-0.39, 0.29) is 18.6 Å². The molecule has 1 atom stereocenters. The molecule has 10 heteroatoms. The lowest BCUT2D eigenvalue weighted by Crippen LogP contribution is -2.49. The molecule has 1 unspecified atom stereocenters. The molecule has 4 heterocycles. The Labute approximate surface area is 204 Å². The smallest absolute Gasteiger partial charge is 0.248 e. The average Bonchev–Trinajstić information content (AvgIpc) is 2.92. The van der Waals surface area contributed by atoms with Crippen LogP contribution in [0.5, 0.6) is 0 Å². The van der Waals surface area contributed by atoms with Gasteiger partial charge < -0.3 is 29.9 Å². The maximum atomic E-state index is 12.1. The number of fused-ring (bicyclic) bond motifs is 1. The zero-order chi connectivity index (χ0) is 24.0. The lowest BCUT2D eigenvalue weighted by Gasteiger charge is -2.36. The van der Waals surface area contributed by atoms with Gasteiger partial charge in [0.1, 0.15) is 12.1 Å². The number of benzene rings is 1. The number of piperazine rings is 1. The van der Waals surface area contributed by atoms with Crippen molar-refractivity contribution >= 4 is 28.4 Å². The molecule has 2 aromatic heterocycles. The standard InChI is InChI=1S/C25H31N7O3/c1-34-17-23(33)32-11-9-31(10-12-32)19-4-2-18(3-5-19)21-14-22-24(28-7-6-27-22)25(30-21)29-16-20-15-26-8-13-35-20/h2-7,14,20,26H,8-13,15-17H2,1H3,(H,29,30). The Morgan fingerprint density at radius 2 is 1.97 bits per heavy atom. The van der Waals surface area contributed by atoms with E-state index in [2.05, 4.69) is 49.8 Å². The molecule has 5 rings (SSSR count). The monoisotopic (exact) mass is 477 g/mol. The Hall–Kier alpha value is -3.34. The van der Waals surface area contributed by atoms with Crippen molar-refractivity contribution in [3.63, 3.8) is 0 Å². The highest BCUT2D eigenvalue weighted by atomic mass is 16.5. The Morgan fingerprint density at radius 1 is 1.17 bits per heavy atom. The lowest BCUT2D eigenvalue weighted by atomic mass is 10.1. The number of carbonyl (C=O) groups is 1. The van der Waals surface area contributed by atoms with Crippen molar-refractivity contribution in [1.82, 2.24) is 25.2 Å². The Balaban J connectivity index is 1.30. The molecule has 0 bridgehead atoms. The van der Waals surface area contributed by atoms with E-state index in [0.29, 0.717) is 32.1 Å². The molecule has 0 aliphatic carbocycles. The molecule has 2 fully saturated rings. The third kappa shape index (κ3) is 5.50. The van der Waals surface area contributed by atoms with Gasteiger partial charge in [0.25, 0.3) is 0 Å². The number of methoxy groups -OCH3 is 1. The molecule has 184 valence electrons. The topological polar surface area (TPSA) is 105 Å². The summed E-state index contributed by atoms with van der Waals surface area (Å²) >= 11 is 0. The minimum atomic E-state index is 0.0451. The summed E-state index contributed by atoms with van der Waals surface area (Å²) in [4.78, 5) is 30.1. The second kappa shape index (κ2) is 10.9. The maximum absolute atomic E-state index is 12.1. The van der Waals surface area contributed by atoms with Gasteiger partial charge in [0.15, 0.2) is 5.82 Å². The van der Waals surface area contributed by atoms with Crippen molar-refractivity contribution in [3.8, 4) is 11.3 Å². The van der Waals surface area contributed by atoms with E-state index in [4.69, 9.17) is 14.5 Å². The molecular weight excluding hydrogens is 446 g/mol. The number of nitrogens with zero attached hydrogens (tertiary/aromatic N) is 5. The SMILES string of the molecule is COCC(=O)N1CCN(c2ccc(-c3cc4nccnc4c(NCC4CNCCO4)n3)cc2)CC1. The third-order valence-corrected chi connectivity index (χ3v) is 6.39. The van der Waals surface area contributed by atoms with Gasteiger partial charge in [0.05, 0.1) is 23.9 Å². The van der Waals surface area contributed by atoms with Gasteiger partial charge in [-0.15, -0.1) is 0 Å². The average molecular weight is 478 g/mol. The minimum absolute atomic E-state index is 0.0451.